The van der Waals surface area contributed by atoms with Gasteiger partial charge in [-0.25, -0.2) is 4.98 Å². The normalized spacial score (nSPS) is 10.7. The number of H-pyrrole nitrogens is 1. The summed E-state index contributed by atoms with van der Waals surface area (Å²) in [7, 11) is 1.47. The molecule has 0 aliphatic heterocycles. The topological polar surface area (TPSA) is 102 Å². The quantitative estimate of drug-likeness (QED) is 0.716. The molecule has 0 unspecified atom stereocenters. The molecule has 1 amide bonds. The Bertz CT molecular complexity index is 1090. The second kappa shape index (κ2) is 7.24. The molecule has 2 aromatic heterocycles. The number of aromatic nitrogens is 4. The zero-order chi connectivity index (χ0) is 19.7. The molecule has 0 aliphatic rings. The third-order valence-corrected chi connectivity index (χ3v) is 4.30. The Balaban J connectivity index is 2.02. The average molecular weight is 388 g/mol. The smallest absolute Gasteiger partial charge is 0.260 e. The molecule has 9 heteroatoms. The number of anilines is 1. The lowest BCUT2D eigenvalue weighted by atomic mass is 10.2. The van der Waals surface area contributed by atoms with E-state index >= 15 is 0 Å². The fraction of sp³-hybridized carbons (Fsp3) is 0.222. The number of nitrogens with one attached hydrogen (secondary N) is 2. The first-order valence-electron chi connectivity index (χ1n) is 8.09. The van der Waals surface area contributed by atoms with Crippen molar-refractivity contribution in [2.75, 3.05) is 12.4 Å². The van der Waals surface area contributed by atoms with E-state index in [0.717, 1.165) is 0 Å². The molecule has 0 saturated carbocycles. The van der Waals surface area contributed by atoms with Crippen LogP contribution in [0.25, 0.3) is 5.95 Å². The first-order chi connectivity index (χ1) is 12.8. The van der Waals surface area contributed by atoms with Gasteiger partial charge in [0.2, 0.25) is 5.95 Å². The summed E-state index contributed by atoms with van der Waals surface area (Å²) in [6, 6.07) is 6.43. The molecule has 1 aromatic carbocycles. The van der Waals surface area contributed by atoms with E-state index < -0.39 is 5.91 Å². The molecule has 140 valence electrons. The number of aryl methyl sites for hydroxylation is 2. The molecule has 2 N–H and O–H groups in total. The number of ether oxygens (including phenoxy) is 1. The molecule has 27 heavy (non-hydrogen) atoms. The lowest BCUT2D eigenvalue weighted by Crippen LogP contribution is -2.21. The van der Waals surface area contributed by atoms with Crippen molar-refractivity contribution in [3.05, 3.63) is 62.2 Å². The number of benzene rings is 1. The van der Waals surface area contributed by atoms with Crippen LogP contribution in [-0.2, 0) is 0 Å². The molecular weight excluding hydrogens is 370 g/mol. The van der Waals surface area contributed by atoms with Crippen LogP contribution in [0.5, 0.6) is 5.75 Å². The number of rotatable bonds is 4. The van der Waals surface area contributed by atoms with Crippen LogP contribution in [0.15, 0.2) is 29.1 Å². The Labute approximate surface area is 160 Å². The molecule has 0 aliphatic carbocycles. The summed E-state index contributed by atoms with van der Waals surface area (Å²) in [4.78, 5) is 31.8. The van der Waals surface area contributed by atoms with Crippen LogP contribution in [0.4, 0.5) is 5.82 Å². The van der Waals surface area contributed by atoms with Crippen molar-refractivity contribution < 1.29 is 9.53 Å². The number of hydrogen-bond acceptors (Lipinski definition) is 5. The second-order valence-corrected chi connectivity index (χ2v) is 6.42. The average Bonchev–Trinajstić information content (AvgIpc) is 2.99. The SMILES string of the molecule is COc1ccc(Cl)cc1C(=O)Nc1cc(C)nn1-c1nc(C)c(C)c(=O)[nH]1. The summed E-state index contributed by atoms with van der Waals surface area (Å²) in [5.41, 5.74) is 1.76. The van der Waals surface area contributed by atoms with Crippen molar-refractivity contribution in [2.24, 2.45) is 0 Å². The van der Waals surface area contributed by atoms with Crippen LogP contribution in [0.1, 0.15) is 27.3 Å². The minimum atomic E-state index is -0.429. The van der Waals surface area contributed by atoms with Crippen molar-refractivity contribution >= 4 is 23.3 Å². The predicted molar refractivity (Wildman–Crippen MR) is 102 cm³/mol. The van der Waals surface area contributed by atoms with E-state index in [4.69, 9.17) is 16.3 Å². The zero-order valence-corrected chi connectivity index (χ0v) is 16.0. The highest BCUT2D eigenvalue weighted by atomic mass is 35.5. The third kappa shape index (κ3) is 3.70. The highest BCUT2D eigenvalue weighted by molar-refractivity contribution is 6.31. The highest BCUT2D eigenvalue weighted by Gasteiger charge is 2.18. The van der Waals surface area contributed by atoms with Crippen LogP contribution < -0.4 is 15.6 Å². The maximum atomic E-state index is 12.7. The van der Waals surface area contributed by atoms with Gasteiger partial charge in [-0.1, -0.05) is 11.6 Å². The van der Waals surface area contributed by atoms with Gasteiger partial charge in [0, 0.05) is 22.3 Å². The molecule has 3 rings (SSSR count). The molecule has 0 atom stereocenters. The van der Waals surface area contributed by atoms with E-state index in [1.165, 1.54) is 17.9 Å². The minimum Gasteiger partial charge on any atom is -0.496 e. The van der Waals surface area contributed by atoms with Gasteiger partial charge in [0.15, 0.2) is 0 Å². The van der Waals surface area contributed by atoms with E-state index in [1.807, 2.05) is 0 Å². The molecule has 2 heterocycles. The van der Waals surface area contributed by atoms with Gasteiger partial charge >= 0.3 is 0 Å². The summed E-state index contributed by atoms with van der Waals surface area (Å²) >= 11 is 6.00. The third-order valence-electron chi connectivity index (χ3n) is 4.06. The lowest BCUT2D eigenvalue weighted by Gasteiger charge is -2.11. The monoisotopic (exact) mass is 387 g/mol. The summed E-state index contributed by atoms with van der Waals surface area (Å²) < 4.78 is 6.60. The largest absolute Gasteiger partial charge is 0.496 e. The summed E-state index contributed by atoms with van der Waals surface area (Å²) in [5.74, 6) is 0.523. The van der Waals surface area contributed by atoms with Crippen LogP contribution >= 0.6 is 11.6 Å². The van der Waals surface area contributed by atoms with Crippen LogP contribution in [0.3, 0.4) is 0 Å². The van der Waals surface area contributed by atoms with E-state index in [9.17, 15) is 9.59 Å². The Morgan fingerprint density at radius 3 is 2.67 bits per heavy atom. The number of aromatic amines is 1. The van der Waals surface area contributed by atoms with Gasteiger partial charge in [-0.05, 0) is 39.0 Å². The van der Waals surface area contributed by atoms with E-state index in [1.54, 1.807) is 39.0 Å². The van der Waals surface area contributed by atoms with Gasteiger partial charge in [0.25, 0.3) is 11.5 Å². The molecule has 0 radical (unpaired) electrons. The maximum Gasteiger partial charge on any atom is 0.260 e. The van der Waals surface area contributed by atoms with Crippen LogP contribution in [0, 0.1) is 20.8 Å². The number of carbonyl (C=O) groups is 1. The summed E-state index contributed by atoms with van der Waals surface area (Å²) in [5, 5.41) is 7.48. The van der Waals surface area contributed by atoms with Gasteiger partial charge in [0.1, 0.15) is 11.6 Å². The molecule has 0 fully saturated rings. The Hall–Kier alpha value is -3.13. The minimum absolute atomic E-state index is 0.213. The number of nitrogens with zero attached hydrogens (tertiary/aromatic N) is 3. The van der Waals surface area contributed by atoms with Crippen LogP contribution in [0.2, 0.25) is 5.02 Å². The number of hydrogen-bond donors (Lipinski definition) is 2. The lowest BCUT2D eigenvalue weighted by molar-refractivity contribution is 0.102. The van der Waals surface area contributed by atoms with E-state index in [0.29, 0.717) is 33.5 Å². The highest BCUT2D eigenvalue weighted by Crippen LogP contribution is 2.24. The van der Waals surface area contributed by atoms with Crippen molar-refractivity contribution in [3.8, 4) is 11.7 Å². The number of methoxy groups -OCH3 is 1. The maximum absolute atomic E-state index is 12.7. The molecule has 8 nitrogen and oxygen atoms in total. The van der Waals surface area contributed by atoms with Gasteiger partial charge in [-0.15, -0.1) is 0 Å². The van der Waals surface area contributed by atoms with Gasteiger partial charge in [-0.2, -0.15) is 9.78 Å². The van der Waals surface area contributed by atoms with Gasteiger partial charge < -0.3 is 10.1 Å². The first-order valence-corrected chi connectivity index (χ1v) is 8.47. The summed E-state index contributed by atoms with van der Waals surface area (Å²) in [6.07, 6.45) is 0. The molecule has 0 saturated heterocycles. The number of amides is 1. The molecular formula is C18H18ClN5O3. The number of carbonyl (C=O) groups excluding carboxylic acids is 1. The van der Waals surface area contributed by atoms with Crippen molar-refractivity contribution in [1.82, 2.24) is 19.7 Å². The van der Waals surface area contributed by atoms with Crippen molar-refractivity contribution in [1.29, 1.82) is 0 Å². The van der Waals surface area contributed by atoms with Gasteiger partial charge in [-0.3, -0.25) is 14.6 Å². The molecule has 0 bridgehead atoms. The molecule has 3 aromatic rings. The van der Waals surface area contributed by atoms with Crippen molar-refractivity contribution in [2.45, 2.75) is 20.8 Å². The summed E-state index contributed by atoms with van der Waals surface area (Å²) in [6.45, 7) is 5.19. The Kier molecular flexibility index (Phi) is 5.00. The first kappa shape index (κ1) is 18.7. The second-order valence-electron chi connectivity index (χ2n) is 5.98. The molecule has 0 spiro atoms. The van der Waals surface area contributed by atoms with Crippen LogP contribution in [-0.4, -0.2) is 32.8 Å². The van der Waals surface area contributed by atoms with Crippen molar-refractivity contribution in [3.63, 3.8) is 0 Å². The predicted octanol–water partition coefficient (Wildman–Crippen LogP) is 2.80. The Morgan fingerprint density at radius 1 is 1.26 bits per heavy atom. The fourth-order valence-corrected chi connectivity index (χ4v) is 2.69. The van der Waals surface area contributed by atoms with Gasteiger partial charge in [0.05, 0.1) is 18.4 Å². The van der Waals surface area contributed by atoms with E-state index in [2.05, 4.69) is 20.4 Å². The number of halogens is 1. The zero-order valence-electron chi connectivity index (χ0n) is 15.3. The fourth-order valence-electron chi connectivity index (χ4n) is 2.52. The standard InChI is InChI=1S/C18H18ClN5O3/c1-9-7-15(21-17(26)13-8-12(19)5-6-14(13)27-4)24(23-9)18-20-11(3)10(2)16(25)22-18/h5-8H,1-4H3,(H,21,26)(H,20,22,25). The Morgan fingerprint density at radius 2 is 2.00 bits per heavy atom. The van der Waals surface area contributed by atoms with E-state index in [-0.39, 0.29) is 17.1 Å².